The zero-order valence-electron chi connectivity index (χ0n) is 17.9. The number of carbonyl (C=O) groups excluding carboxylic acids is 1. The van der Waals surface area contributed by atoms with Crippen LogP contribution in [0.1, 0.15) is 18.4 Å². The number of rotatable bonds is 6. The lowest BCUT2D eigenvalue weighted by Gasteiger charge is -2.31. The molecule has 2 aromatic carbocycles. The third-order valence-corrected chi connectivity index (χ3v) is 7.87. The third kappa shape index (κ3) is 5.28. The smallest absolute Gasteiger partial charge is 0.243 e. The van der Waals surface area contributed by atoms with E-state index in [9.17, 15) is 17.6 Å². The summed E-state index contributed by atoms with van der Waals surface area (Å²) in [6, 6.07) is 12.9. The van der Waals surface area contributed by atoms with Gasteiger partial charge in [0.25, 0.3) is 0 Å². The van der Waals surface area contributed by atoms with Gasteiger partial charge in [-0.25, -0.2) is 12.8 Å². The molecule has 0 aliphatic carbocycles. The van der Waals surface area contributed by atoms with Gasteiger partial charge in [0, 0.05) is 38.4 Å². The molecule has 7 nitrogen and oxygen atoms in total. The molecular formula is C23H28FN3O4S. The molecule has 0 spiro atoms. The molecule has 0 aromatic heterocycles. The normalized spacial score (nSPS) is 20.2. The lowest BCUT2D eigenvalue weighted by molar-refractivity contribution is -0.126. The molecule has 0 saturated carbocycles. The maximum absolute atomic E-state index is 13.2. The molecule has 1 unspecified atom stereocenters. The first-order valence-corrected chi connectivity index (χ1v) is 12.3. The van der Waals surface area contributed by atoms with E-state index in [2.05, 4.69) is 10.2 Å². The number of morpholine rings is 1. The van der Waals surface area contributed by atoms with E-state index in [4.69, 9.17) is 4.74 Å². The van der Waals surface area contributed by atoms with Gasteiger partial charge in [-0.1, -0.05) is 12.1 Å². The Morgan fingerprint density at radius 2 is 1.72 bits per heavy atom. The first-order chi connectivity index (χ1) is 15.4. The summed E-state index contributed by atoms with van der Waals surface area (Å²) in [5, 5.41) is 2.94. The van der Waals surface area contributed by atoms with E-state index in [0.29, 0.717) is 25.9 Å². The van der Waals surface area contributed by atoms with Gasteiger partial charge in [0.2, 0.25) is 15.9 Å². The number of hydrogen-bond donors (Lipinski definition) is 1. The molecule has 2 aliphatic heterocycles. The Morgan fingerprint density at radius 3 is 2.41 bits per heavy atom. The van der Waals surface area contributed by atoms with Crippen LogP contribution in [0.4, 0.5) is 10.1 Å². The maximum atomic E-state index is 13.2. The number of sulfonamides is 1. The van der Waals surface area contributed by atoms with E-state index in [1.165, 1.54) is 16.4 Å². The van der Waals surface area contributed by atoms with Crippen LogP contribution in [0.5, 0.6) is 0 Å². The van der Waals surface area contributed by atoms with Crippen molar-refractivity contribution in [2.45, 2.75) is 24.3 Å². The van der Waals surface area contributed by atoms with Crippen molar-refractivity contribution in [3.05, 3.63) is 59.9 Å². The molecule has 2 fully saturated rings. The lowest BCUT2D eigenvalue weighted by Crippen LogP contribution is -2.45. The monoisotopic (exact) mass is 461 g/mol. The summed E-state index contributed by atoms with van der Waals surface area (Å²) in [7, 11) is -3.75. The number of hydrogen-bond acceptors (Lipinski definition) is 5. The van der Waals surface area contributed by atoms with Crippen LogP contribution < -0.4 is 10.2 Å². The van der Waals surface area contributed by atoms with Crippen LogP contribution in [0.2, 0.25) is 0 Å². The van der Waals surface area contributed by atoms with Crippen molar-refractivity contribution in [1.29, 1.82) is 0 Å². The summed E-state index contributed by atoms with van der Waals surface area (Å²) >= 11 is 0. The molecule has 0 radical (unpaired) electrons. The van der Waals surface area contributed by atoms with Crippen LogP contribution in [0.15, 0.2) is 53.4 Å². The largest absolute Gasteiger partial charge is 0.378 e. The number of nitrogens with one attached hydrogen (secondary N) is 1. The van der Waals surface area contributed by atoms with Crippen LogP contribution in [0.3, 0.4) is 0 Å². The Hall–Kier alpha value is -2.49. The van der Waals surface area contributed by atoms with Gasteiger partial charge in [-0.2, -0.15) is 4.31 Å². The van der Waals surface area contributed by atoms with Crippen LogP contribution in [0.25, 0.3) is 0 Å². The summed E-state index contributed by atoms with van der Waals surface area (Å²) in [5.74, 6) is -1.05. The highest BCUT2D eigenvalue weighted by atomic mass is 32.2. The molecule has 2 saturated heterocycles. The summed E-state index contributed by atoms with van der Waals surface area (Å²) in [4.78, 5) is 15.0. The van der Waals surface area contributed by atoms with E-state index < -0.39 is 21.8 Å². The first-order valence-electron chi connectivity index (χ1n) is 10.9. The summed E-state index contributed by atoms with van der Waals surface area (Å²) < 4.78 is 45.6. The van der Waals surface area contributed by atoms with Crippen molar-refractivity contribution in [3.8, 4) is 0 Å². The van der Waals surface area contributed by atoms with Gasteiger partial charge in [-0.05, 0) is 54.8 Å². The number of nitrogens with zero attached hydrogens (tertiary/aromatic N) is 2. The van der Waals surface area contributed by atoms with Crippen molar-refractivity contribution >= 4 is 21.6 Å². The van der Waals surface area contributed by atoms with Gasteiger partial charge in [0.05, 0.1) is 24.0 Å². The summed E-state index contributed by atoms with van der Waals surface area (Å²) in [6.45, 7) is 4.07. The van der Waals surface area contributed by atoms with Crippen molar-refractivity contribution in [2.24, 2.45) is 5.92 Å². The molecule has 172 valence electrons. The number of halogens is 1. The van der Waals surface area contributed by atoms with E-state index in [-0.39, 0.29) is 17.3 Å². The van der Waals surface area contributed by atoms with E-state index in [1.54, 1.807) is 0 Å². The van der Waals surface area contributed by atoms with Crippen LogP contribution >= 0.6 is 0 Å². The van der Waals surface area contributed by atoms with Crippen molar-refractivity contribution < 1.29 is 22.3 Å². The highest BCUT2D eigenvalue weighted by Crippen LogP contribution is 2.24. The van der Waals surface area contributed by atoms with Gasteiger partial charge in [0.15, 0.2) is 0 Å². The second kappa shape index (κ2) is 9.97. The predicted octanol–water partition coefficient (Wildman–Crippen LogP) is 2.38. The molecule has 2 heterocycles. The minimum Gasteiger partial charge on any atom is -0.378 e. The number of piperidine rings is 1. The standard InChI is InChI=1S/C23H28FN3O4S/c24-20-5-9-22(10-6-20)32(29,30)27-11-1-2-19(17-27)23(28)25-16-18-3-7-21(8-4-18)26-12-14-31-15-13-26/h3-10,19H,1-2,11-17H2,(H,25,28). The van der Waals surface area contributed by atoms with Crippen molar-refractivity contribution in [1.82, 2.24) is 9.62 Å². The zero-order valence-corrected chi connectivity index (χ0v) is 18.7. The van der Waals surface area contributed by atoms with Gasteiger partial charge in [-0.15, -0.1) is 0 Å². The molecule has 1 amide bonds. The number of benzene rings is 2. The summed E-state index contributed by atoms with van der Waals surface area (Å²) in [6.07, 6.45) is 1.24. The lowest BCUT2D eigenvalue weighted by atomic mass is 9.98. The summed E-state index contributed by atoms with van der Waals surface area (Å²) in [5.41, 5.74) is 2.12. The quantitative estimate of drug-likeness (QED) is 0.715. The molecule has 32 heavy (non-hydrogen) atoms. The Bertz CT molecular complexity index is 1020. The van der Waals surface area contributed by atoms with E-state index >= 15 is 0 Å². The number of anilines is 1. The average molecular weight is 462 g/mol. The minimum atomic E-state index is -3.75. The Morgan fingerprint density at radius 1 is 1.03 bits per heavy atom. The maximum Gasteiger partial charge on any atom is 0.243 e. The van der Waals surface area contributed by atoms with Crippen LogP contribution in [-0.4, -0.2) is 58.0 Å². The van der Waals surface area contributed by atoms with Crippen LogP contribution in [-0.2, 0) is 26.1 Å². The van der Waals surface area contributed by atoms with Gasteiger partial charge in [-0.3, -0.25) is 4.79 Å². The fraction of sp³-hybridized carbons (Fsp3) is 0.435. The van der Waals surface area contributed by atoms with Gasteiger partial charge < -0.3 is 15.0 Å². The average Bonchev–Trinajstić information content (AvgIpc) is 2.84. The molecule has 1 atom stereocenters. The van der Waals surface area contributed by atoms with Crippen molar-refractivity contribution in [3.63, 3.8) is 0 Å². The Labute approximate surface area is 188 Å². The van der Waals surface area contributed by atoms with Gasteiger partial charge in [0.1, 0.15) is 5.82 Å². The van der Waals surface area contributed by atoms with Crippen molar-refractivity contribution in [2.75, 3.05) is 44.3 Å². The molecule has 0 bridgehead atoms. The highest BCUT2D eigenvalue weighted by Gasteiger charge is 2.33. The predicted molar refractivity (Wildman–Crippen MR) is 119 cm³/mol. The second-order valence-corrected chi connectivity index (χ2v) is 10.1. The molecular weight excluding hydrogens is 433 g/mol. The first kappa shape index (κ1) is 22.7. The third-order valence-electron chi connectivity index (χ3n) is 5.99. The molecule has 9 heteroatoms. The number of carbonyl (C=O) groups is 1. The topological polar surface area (TPSA) is 79.0 Å². The van der Waals surface area contributed by atoms with E-state index in [1.807, 2.05) is 24.3 Å². The van der Waals surface area contributed by atoms with Gasteiger partial charge >= 0.3 is 0 Å². The second-order valence-electron chi connectivity index (χ2n) is 8.14. The fourth-order valence-electron chi connectivity index (χ4n) is 4.11. The minimum absolute atomic E-state index is 0.0420. The van der Waals surface area contributed by atoms with E-state index in [0.717, 1.165) is 49.7 Å². The molecule has 1 N–H and O–H groups in total. The Balaban J connectivity index is 1.33. The number of amides is 1. The zero-order chi connectivity index (χ0) is 22.6. The molecule has 4 rings (SSSR count). The fourth-order valence-corrected chi connectivity index (χ4v) is 5.63. The Kier molecular flexibility index (Phi) is 7.07. The SMILES string of the molecule is O=C(NCc1ccc(N2CCOCC2)cc1)C1CCCN(S(=O)(=O)c2ccc(F)cc2)C1. The molecule has 2 aliphatic rings. The highest BCUT2D eigenvalue weighted by molar-refractivity contribution is 7.89. The van der Waals surface area contributed by atoms with Crippen LogP contribution in [0, 0.1) is 11.7 Å². The molecule has 2 aromatic rings. The number of ether oxygens (including phenoxy) is 1.